The normalized spacial score (nSPS) is 26.2. The SMILES string of the molecule is O=C(CCN1C[C@@H]2CCOC[C@]2(C(=O)O)C1)NCc1ccccc1Cl. The van der Waals surface area contributed by atoms with Gasteiger partial charge in [-0.2, -0.15) is 0 Å². The Bertz CT molecular complexity index is 654. The fourth-order valence-electron chi connectivity index (χ4n) is 3.75. The summed E-state index contributed by atoms with van der Waals surface area (Å²) in [4.78, 5) is 25.9. The zero-order chi connectivity index (χ0) is 17.9. The molecule has 1 amide bonds. The van der Waals surface area contributed by atoms with Crippen molar-refractivity contribution in [3.05, 3.63) is 34.9 Å². The Morgan fingerprint density at radius 3 is 2.92 bits per heavy atom. The number of amides is 1. The molecule has 25 heavy (non-hydrogen) atoms. The predicted molar refractivity (Wildman–Crippen MR) is 93.4 cm³/mol. The van der Waals surface area contributed by atoms with Gasteiger partial charge in [-0.1, -0.05) is 29.8 Å². The van der Waals surface area contributed by atoms with Crippen molar-refractivity contribution in [2.75, 3.05) is 32.8 Å². The first-order valence-corrected chi connectivity index (χ1v) is 8.93. The van der Waals surface area contributed by atoms with Crippen LogP contribution in [0.5, 0.6) is 0 Å². The molecule has 2 saturated heterocycles. The van der Waals surface area contributed by atoms with Gasteiger partial charge in [0, 0.05) is 44.2 Å². The maximum absolute atomic E-state index is 12.1. The standard InChI is InChI=1S/C18H23ClN2O4/c19-15-4-2-1-3-13(15)9-20-16(22)5-7-21-10-14-6-8-25-12-18(14,11-21)17(23)24/h1-4,14H,5-12H2,(H,20,22)(H,23,24)/t14-,18+/m0/s1. The van der Waals surface area contributed by atoms with Crippen molar-refractivity contribution < 1.29 is 19.4 Å². The molecular formula is C18H23ClN2O4. The molecule has 0 aliphatic carbocycles. The van der Waals surface area contributed by atoms with E-state index in [-0.39, 0.29) is 18.4 Å². The molecule has 0 radical (unpaired) electrons. The van der Waals surface area contributed by atoms with Crippen LogP contribution in [0.25, 0.3) is 0 Å². The fraction of sp³-hybridized carbons (Fsp3) is 0.556. The van der Waals surface area contributed by atoms with Crippen LogP contribution in [0.1, 0.15) is 18.4 Å². The second-order valence-corrected chi connectivity index (χ2v) is 7.26. The number of hydrogen-bond acceptors (Lipinski definition) is 4. The van der Waals surface area contributed by atoms with Crippen LogP contribution in [0.3, 0.4) is 0 Å². The first-order chi connectivity index (χ1) is 12.0. The zero-order valence-corrected chi connectivity index (χ0v) is 14.8. The van der Waals surface area contributed by atoms with Crippen LogP contribution in [0.4, 0.5) is 0 Å². The van der Waals surface area contributed by atoms with E-state index in [1.165, 1.54) is 0 Å². The highest BCUT2D eigenvalue weighted by Crippen LogP contribution is 2.41. The molecule has 2 N–H and O–H groups in total. The molecule has 0 saturated carbocycles. The number of ether oxygens (including phenoxy) is 1. The summed E-state index contributed by atoms with van der Waals surface area (Å²) < 4.78 is 5.42. The Balaban J connectivity index is 1.48. The highest BCUT2D eigenvalue weighted by molar-refractivity contribution is 6.31. The van der Waals surface area contributed by atoms with Gasteiger partial charge >= 0.3 is 5.97 Å². The van der Waals surface area contributed by atoms with E-state index in [1.54, 1.807) is 6.07 Å². The van der Waals surface area contributed by atoms with E-state index in [1.807, 2.05) is 18.2 Å². The zero-order valence-electron chi connectivity index (χ0n) is 14.0. The van der Waals surface area contributed by atoms with Gasteiger partial charge in [0.1, 0.15) is 5.41 Å². The number of nitrogens with one attached hydrogen (secondary N) is 1. The van der Waals surface area contributed by atoms with Gasteiger partial charge in [0.2, 0.25) is 5.91 Å². The quantitative estimate of drug-likeness (QED) is 0.802. The van der Waals surface area contributed by atoms with Gasteiger partial charge < -0.3 is 20.1 Å². The molecule has 0 bridgehead atoms. The van der Waals surface area contributed by atoms with Crippen LogP contribution in [0, 0.1) is 11.3 Å². The molecule has 1 aromatic rings. The van der Waals surface area contributed by atoms with E-state index in [2.05, 4.69) is 10.2 Å². The fourth-order valence-corrected chi connectivity index (χ4v) is 3.95. The molecule has 3 rings (SSSR count). The molecule has 1 aromatic carbocycles. The van der Waals surface area contributed by atoms with E-state index >= 15 is 0 Å². The number of carbonyl (C=O) groups excluding carboxylic acids is 1. The van der Waals surface area contributed by atoms with Crippen molar-refractivity contribution in [3.63, 3.8) is 0 Å². The topological polar surface area (TPSA) is 78.9 Å². The average Bonchev–Trinajstić information content (AvgIpc) is 2.99. The Hall–Kier alpha value is -1.63. The van der Waals surface area contributed by atoms with Crippen molar-refractivity contribution in [1.29, 1.82) is 0 Å². The maximum Gasteiger partial charge on any atom is 0.313 e. The summed E-state index contributed by atoms with van der Waals surface area (Å²) in [6.07, 6.45) is 1.11. The summed E-state index contributed by atoms with van der Waals surface area (Å²) in [6.45, 7) is 3.00. The van der Waals surface area contributed by atoms with Gasteiger partial charge in [0.25, 0.3) is 0 Å². The van der Waals surface area contributed by atoms with Crippen molar-refractivity contribution in [2.45, 2.75) is 19.4 Å². The summed E-state index contributed by atoms with van der Waals surface area (Å²) >= 11 is 6.08. The van der Waals surface area contributed by atoms with Crippen molar-refractivity contribution in [3.8, 4) is 0 Å². The summed E-state index contributed by atoms with van der Waals surface area (Å²) in [5, 5.41) is 13.1. The number of carbonyl (C=O) groups is 2. The van der Waals surface area contributed by atoms with Crippen molar-refractivity contribution in [2.24, 2.45) is 11.3 Å². The number of carboxylic acid groups (broad SMARTS) is 1. The molecule has 0 spiro atoms. The molecule has 0 aromatic heterocycles. The van der Waals surface area contributed by atoms with Gasteiger partial charge in [-0.3, -0.25) is 9.59 Å². The third-order valence-corrected chi connectivity index (χ3v) is 5.62. The molecule has 136 valence electrons. The highest BCUT2D eigenvalue weighted by atomic mass is 35.5. The lowest BCUT2D eigenvalue weighted by molar-refractivity contribution is -0.159. The average molecular weight is 367 g/mol. The minimum atomic E-state index is -0.813. The van der Waals surface area contributed by atoms with Crippen LogP contribution in [-0.2, 0) is 20.9 Å². The Kier molecular flexibility index (Phi) is 5.61. The van der Waals surface area contributed by atoms with Crippen LogP contribution < -0.4 is 5.32 Å². The molecule has 0 unspecified atom stereocenters. The van der Waals surface area contributed by atoms with E-state index in [0.29, 0.717) is 44.2 Å². The van der Waals surface area contributed by atoms with Crippen LogP contribution in [-0.4, -0.2) is 54.7 Å². The van der Waals surface area contributed by atoms with E-state index in [4.69, 9.17) is 16.3 Å². The van der Waals surface area contributed by atoms with Gasteiger partial charge in [0.05, 0.1) is 6.61 Å². The minimum Gasteiger partial charge on any atom is -0.481 e. The molecule has 2 aliphatic rings. The number of rotatable bonds is 6. The number of carboxylic acids is 1. The Morgan fingerprint density at radius 1 is 1.40 bits per heavy atom. The molecule has 2 heterocycles. The van der Waals surface area contributed by atoms with E-state index in [9.17, 15) is 14.7 Å². The lowest BCUT2D eigenvalue weighted by atomic mass is 9.76. The second kappa shape index (κ2) is 7.72. The largest absolute Gasteiger partial charge is 0.481 e. The minimum absolute atomic E-state index is 0.0598. The molecule has 7 heteroatoms. The third-order valence-electron chi connectivity index (χ3n) is 5.25. The van der Waals surface area contributed by atoms with Crippen LogP contribution >= 0.6 is 11.6 Å². The number of fused-ring (bicyclic) bond motifs is 1. The van der Waals surface area contributed by atoms with E-state index < -0.39 is 11.4 Å². The second-order valence-electron chi connectivity index (χ2n) is 6.85. The van der Waals surface area contributed by atoms with Gasteiger partial charge in [0.15, 0.2) is 0 Å². The number of aliphatic carboxylic acids is 1. The lowest BCUT2D eigenvalue weighted by Crippen LogP contribution is -2.46. The first kappa shape index (κ1) is 18.2. The van der Waals surface area contributed by atoms with E-state index in [0.717, 1.165) is 12.0 Å². The first-order valence-electron chi connectivity index (χ1n) is 8.55. The maximum atomic E-state index is 12.1. The van der Waals surface area contributed by atoms with Crippen molar-refractivity contribution >= 4 is 23.5 Å². The number of halogens is 1. The summed E-state index contributed by atoms with van der Waals surface area (Å²) in [7, 11) is 0. The molecule has 2 fully saturated rings. The number of likely N-dealkylation sites (tertiary alicyclic amines) is 1. The summed E-state index contributed by atoms with van der Waals surface area (Å²) in [5.41, 5.74) is 0.0680. The highest BCUT2D eigenvalue weighted by Gasteiger charge is 2.53. The third kappa shape index (κ3) is 3.97. The number of nitrogens with zero attached hydrogens (tertiary/aromatic N) is 1. The molecular weight excluding hydrogens is 344 g/mol. The molecule has 6 nitrogen and oxygen atoms in total. The summed E-state index contributed by atoms with van der Waals surface area (Å²) in [5.74, 6) is -0.747. The van der Waals surface area contributed by atoms with Crippen LogP contribution in [0.2, 0.25) is 5.02 Å². The number of benzene rings is 1. The van der Waals surface area contributed by atoms with Gasteiger partial charge in [-0.05, 0) is 24.0 Å². The van der Waals surface area contributed by atoms with Crippen molar-refractivity contribution in [1.82, 2.24) is 10.2 Å². The summed E-state index contributed by atoms with van der Waals surface area (Å²) in [6, 6.07) is 7.40. The smallest absolute Gasteiger partial charge is 0.313 e. The number of hydrogen-bond donors (Lipinski definition) is 2. The van der Waals surface area contributed by atoms with Crippen LogP contribution in [0.15, 0.2) is 24.3 Å². The monoisotopic (exact) mass is 366 g/mol. The lowest BCUT2D eigenvalue weighted by Gasteiger charge is -2.34. The van der Waals surface area contributed by atoms with Gasteiger partial charge in [-0.15, -0.1) is 0 Å². The Labute approximate surface area is 152 Å². The molecule has 2 atom stereocenters. The Morgan fingerprint density at radius 2 is 2.20 bits per heavy atom. The predicted octanol–water partition coefficient (Wildman–Crippen LogP) is 1.77. The van der Waals surface area contributed by atoms with Gasteiger partial charge in [-0.25, -0.2) is 0 Å². The molecule has 2 aliphatic heterocycles.